The molecule has 0 radical (unpaired) electrons. The van der Waals surface area contributed by atoms with Gasteiger partial charge in [0.25, 0.3) is 0 Å². The van der Waals surface area contributed by atoms with E-state index in [0.29, 0.717) is 18.4 Å². The fourth-order valence-corrected chi connectivity index (χ4v) is 7.82. The van der Waals surface area contributed by atoms with Crippen molar-refractivity contribution in [3.05, 3.63) is 12.2 Å². The topological polar surface area (TPSA) is 87.0 Å². The third-order valence-electron chi connectivity index (χ3n) is 8.81. The van der Waals surface area contributed by atoms with Crippen LogP contribution in [0.3, 0.4) is 0 Å². The molecule has 2 saturated heterocycles. The van der Waals surface area contributed by atoms with Crippen LogP contribution in [0.4, 0.5) is 0 Å². The zero-order chi connectivity index (χ0) is 18.0. The Morgan fingerprint density at radius 1 is 1.20 bits per heavy atom. The zero-order valence-electron chi connectivity index (χ0n) is 15.0. The van der Waals surface area contributed by atoms with Crippen molar-refractivity contribution in [1.82, 2.24) is 0 Å². The van der Waals surface area contributed by atoms with Gasteiger partial charge in [0.1, 0.15) is 6.10 Å². The van der Waals surface area contributed by atoms with Gasteiger partial charge >= 0.3 is 0 Å². The van der Waals surface area contributed by atoms with Gasteiger partial charge in [0.2, 0.25) is 5.79 Å². The van der Waals surface area contributed by atoms with Gasteiger partial charge < -0.3 is 20.1 Å². The number of hydrogen-bond acceptors (Lipinski definition) is 5. The quantitative estimate of drug-likeness (QED) is 0.576. The summed E-state index contributed by atoms with van der Waals surface area (Å²) in [7, 11) is 0. The van der Waals surface area contributed by atoms with E-state index in [1.807, 2.05) is 0 Å². The number of ether oxygens (including phenoxy) is 1. The molecule has 0 aromatic heterocycles. The van der Waals surface area contributed by atoms with Crippen LogP contribution in [-0.2, 0) is 9.53 Å². The molecule has 5 heteroatoms. The minimum atomic E-state index is -1.87. The molecule has 4 saturated carbocycles. The number of ketones is 1. The third-order valence-corrected chi connectivity index (χ3v) is 8.81. The Morgan fingerprint density at radius 3 is 2.64 bits per heavy atom. The van der Waals surface area contributed by atoms with Crippen LogP contribution in [-0.4, -0.2) is 45.7 Å². The SMILES string of the molecule is C=C1C(=O)[C@]23C[C@H]1CC[C@H]2[C@@]12CO[C@@]3(O)[C@@H](O)[C@@H]1C(C)(C)CC[C@H]2O. The summed E-state index contributed by atoms with van der Waals surface area (Å²) >= 11 is 0. The molecule has 2 spiro atoms. The maximum atomic E-state index is 13.3. The molecule has 25 heavy (non-hydrogen) atoms. The monoisotopic (exact) mass is 348 g/mol. The normalized spacial score (nSPS) is 58.8. The van der Waals surface area contributed by atoms with Gasteiger partial charge in [-0.1, -0.05) is 20.4 Å². The van der Waals surface area contributed by atoms with Gasteiger partial charge in [0, 0.05) is 11.3 Å². The zero-order valence-corrected chi connectivity index (χ0v) is 15.0. The summed E-state index contributed by atoms with van der Waals surface area (Å²) in [5.74, 6) is -2.39. The molecule has 138 valence electrons. The molecule has 0 amide bonds. The molecule has 0 unspecified atom stereocenters. The van der Waals surface area contributed by atoms with Crippen molar-refractivity contribution >= 4 is 5.78 Å². The molecule has 6 rings (SSSR count). The first kappa shape index (κ1) is 16.4. The molecule has 0 aromatic carbocycles. The molecular weight excluding hydrogens is 320 g/mol. The van der Waals surface area contributed by atoms with Gasteiger partial charge in [-0.2, -0.15) is 0 Å². The van der Waals surface area contributed by atoms with Crippen LogP contribution in [0.5, 0.6) is 0 Å². The lowest BCUT2D eigenvalue weighted by Crippen LogP contribution is -2.83. The van der Waals surface area contributed by atoms with E-state index in [1.54, 1.807) is 0 Å². The molecule has 0 aromatic rings. The van der Waals surface area contributed by atoms with Crippen LogP contribution >= 0.6 is 0 Å². The lowest BCUT2D eigenvalue weighted by atomic mass is 9.36. The molecule has 8 atom stereocenters. The van der Waals surface area contributed by atoms with Crippen molar-refractivity contribution in [1.29, 1.82) is 0 Å². The Labute approximate surface area is 148 Å². The summed E-state index contributed by atoms with van der Waals surface area (Å²) in [5.41, 5.74) is -1.48. The number of rotatable bonds is 0. The highest BCUT2D eigenvalue weighted by Crippen LogP contribution is 2.76. The number of carbonyl (C=O) groups excluding carboxylic acids is 1. The molecule has 6 aliphatic rings. The first-order valence-corrected chi connectivity index (χ1v) is 9.59. The Morgan fingerprint density at radius 2 is 1.92 bits per heavy atom. The molecule has 4 aliphatic carbocycles. The third kappa shape index (κ3) is 1.44. The molecule has 2 aliphatic heterocycles. The number of aliphatic hydroxyl groups is 3. The molecule has 6 fully saturated rings. The minimum Gasteiger partial charge on any atom is -0.392 e. The number of fused-ring (bicyclic) bond motifs is 2. The molecular formula is C20H28O5. The van der Waals surface area contributed by atoms with Gasteiger partial charge in [0.05, 0.1) is 18.1 Å². The summed E-state index contributed by atoms with van der Waals surface area (Å²) in [6.07, 6.45) is 1.77. The molecule has 2 heterocycles. The van der Waals surface area contributed by atoms with E-state index < -0.39 is 28.8 Å². The fourth-order valence-electron chi connectivity index (χ4n) is 7.82. The predicted molar refractivity (Wildman–Crippen MR) is 89.3 cm³/mol. The smallest absolute Gasteiger partial charge is 0.205 e. The summed E-state index contributed by atoms with van der Waals surface area (Å²) in [6.45, 7) is 8.41. The highest BCUT2D eigenvalue weighted by molar-refractivity contribution is 6.04. The second-order valence-corrected chi connectivity index (χ2v) is 9.92. The van der Waals surface area contributed by atoms with E-state index in [9.17, 15) is 20.1 Å². The lowest BCUT2D eigenvalue weighted by molar-refractivity contribution is -0.448. The molecule has 4 bridgehead atoms. The van der Waals surface area contributed by atoms with E-state index >= 15 is 0 Å². The van der Waals surface area contributed by atoms with Crippen molar-refractivity contribution < 1.29 is 24.9 Å². The number of Topliss-reactive ketones (excluding diaryl/α,β-unsaturated/α-hetero) is 1. The number of allylic oxidation sites excluding steroid dienone is 1. The van der Waals surface area contributed by atoms with E-state index in [2.05, 4.69) is 20.4 Å². The Balaban J connectivity index is 1.79. The minimum absolute atomic E-state index is 0.0616. The highest BCUT2D eigenvalue weighted by atomic mass is 16.6. The van der Waals surface area contributed by atoms with Crippen molar-refractivity contribution in [3.8, 4) is 0 Å². The van der Waals surface area contributed by atoms with Crippen molar-refractivity contribution in [2.75, 3.05) is 6.61 Å². The van der Waals surface area contributed by atoms with Gasteiger partial charge in [-0.25, -0.2) is 0 Å². The average molecular weight is 348 g/mol. The Bertz CT molecular complexity index is 686. The fraction of sp³-hybridized carbons (Fsp3) is 0.850. The summed E-state index contributed by atoms with van der Waals surface area (Å²) in [5, 5.41) is 34.0. The summed E-state index contributed by atoms with van der Waals surface area (Å²) in [4.78, 5) is 13.3. The van der Waals surface area contributed by atoms with E-state index in [1.165, 1.54) is 0 Å². The van der Waals surface area contributed by atoms with Crippen LogP contribution in [0.25, 0.3) is 0 Å². The second-order valence-electron chi connectivity index (χ2n) is 9.92. The Kier molecular flexibility index (Phi) is 2.88. The van der Waals surface area contributed by atoms with Crippen LogP contribution in [0.1, 0.15) is 46.0 Å². The number of carbonyl (C=O) groups is 1. The summed E-state index contributed by atoms with van der Waals surface area (Å²) in [6, 6.07) is 0. The maximum Gasteiger partial charge on any atom is 0.205 e. The van der Waals surface area contributed by atoms with Gasteiger partial charge in [-0.05, 0) is 54.9 Å². The number of aliphatic hydroxyl groups excluding tert-OH is 2. The van der Waals surface area contributed by atoms with E-state index in [-0.39, 0.29) is 35.6 Å². The average Bonchev–Trinajstić information content (AvgIpc) is 2.75. The molecule has 5 nitrogen and oxygen atoms in total. The van der Waals surface area contributed by atoms with Crippen LogP contribution < -0.4 is 0 Å². The van der Waals surface area contributed by atoms with Crippen molar-refractivity contribution in [2.45, 2.75) is 63.9 Å². The second kappa shape index (κ2) is 4.38. The maximum absolute atomic E-state index is 13.3. The summed E-state index contributed by atoms with van der Waals surface area (Å²) < 4.78 is 5.89. The van der Waals surface area contributed by atoms with Gasteiger partial charge in [0.15, 0.2) is 5.78 Å². The first-order valence-electron chi connectivity index (χ1n) is 9.59. The van der Waals surface area contributed by atoms with E-state index in [4.69, 9.17) is 4.74 Å². The standard InChI is InChI=1S/C20H28O5/c1-10-11-4-5-12-18-9-25-20(24,19(12,8-11)15(10)22)16(23)14(18)17(2,3)7-6-13(18)21/h11-14,16,21,23-24H,1,4-9H2,2-3H3/t11-,12+,13-,14-,16+,18-,19+,20+/m1/s1. The Hall–Kier alpha value is -0.750. The van der Waals surface area contributed by atoms with Crippen LogP contribution in [0.2, 0.25) is 0 Å². The van der Waals surface area contributed by atoms with Crippen LogP contribution in [0, 0.1) is 34.0 Å². The van der Waals surface area contributed by atoms with Crippen molar-refractivity contribution in [3.63, 3.8) is 0 Å². The first-order chi connectivity index (χ1) is 11.6. The predicted octanol–water partition coefficient (Wildman–Crippen LogP) is 1.40. The van der Waals surface area contributed by atoms with E-state index in [0.717, 1.165) is 19.3 Å². The molecule has 3 N–H and O–H groups in total. The highest BCUT2D eigenvalue weighted by Gasteiger charge is 2.84. The largest absolute Gasteiger partial charge is 0.392 e. The number of hydrogen-bond donors (Lipinski definition) is 3. The van der Waals surface area contributed by atoms with Gasteiger partial charge in [-0.3, -0.25) is 4.79 Å². The van der Waals surface area contributed by atoms with Crippen molar-refractivity contribution in [2.24, 2.45) is 34.0 Å². The lowest BCUT2D eigenvalue weighted by Gasteiger charge is -2.74. The van der Waals surface area contributed by atoms with Gasteiger partial charge in [-0.15, -0.1) is 0 Å². The van der Waals surface area contributed by atoms with Crippen LogP contribution in [0.15, 0.2) is 12.2 Å².